The van der Waals surface area contributed by atoms with Crippen LogP contribution >= 0.6 is 7.82 Å². The fourth-order valence-corrected chi connectivity index (χ4v) is 5.58. The van der Waals surface area contributed by atoms with Crippen molar-refractivity contribution in [1.82, 2.24) is 5.32 Å². The lowest BCUT2D eigenvalue weighted by Crippen LogP contribution is -2.45. The third kappa shape index (κ3) is 31.1. The maximum Gasteiger partial charge on any atom is 0.472 e. The molecular formula is C37H69N2O6P. The van der Waals surface area contributed by atoms with Crippen LogP contribution in [0.15, 0.2) is 48.6 Å². The summed E-state index contributed by atoms with van der Waals surface area (Å²) in [5.41, 5.74) is 5.34. The minimum absolute atomic E-state index is 0.0698. The molecule has 0 heterocycles. The number of unbranched alkanes of at least 4 members (excludes halogenated alkanes) is 15. The van der Waals surface area contributed by atoms with Gasteiger partial charge in [-0.15, -0.1) is 0 Å². The highest BCUT2D eigenvalue weighted by molar-refractivity contribution is 7.47. The number of amides is 1. The van der Waals surface area contributed by atoms with Crippen LogP contribution < -0.4 is 11.1 Å². The molecule has 0 aromatic rings. The highest BCUT2D eigenvalue weighted by Crippen LogP contribution is 2.43. The zero-order valence-electron chi connectivity index (χ0n) is 29.3. The van der Waals surface area contributed by atoms with Crippen molar-refractivity contribution in [1.29, 1.82) is 0 Å². The summed E-state index contributed by atoms with van der Waals surface area (Å²) in [5.74, 6) is -0.222. The molecule has 0 rings (SSSR count). The average molecular weight is 669 g/mol. The number of nitrogens with one attached hydrogen (secondary N) is 1. The Kier molecular flexibility index (Phi) is 32.2. The first kappa shape index (κ1) is 44.5. The topological polar surface area (TPSA) is 131 Å². The maximum absolute atomic E-state index is 12.7. The minimum Gasteiger partial charge on any atom is -0.387 e. The molecule has 0 aliphatic heterocycles. The largest absolute Gasteiger partial charge is 0.472 e. The van der Waals surface area contributed by atoms with Gasteiger partial charge in [0.25, 0.3) is 0 Å². The molecule has 0 aromatic heterocycles. The Morgan fingerprint density at radius 3 is 1.85 bits per heavy atom. The molecule has 3 atom stereocenters. The fraction of sp³-hybridized carbons (Fsp3) is 0.757. The molecule has 0 aliphatic rings. The van der Waals surface area contributed by atoms with Crippen molar-refractivity contribution in [2.75, 3.05) is 19.8 Å². The Morgan fingerprint density at radius 1 is 0.717 bits per heavy atom. The quantitative estimate of drug-likeness (QED) is 0.0311. The van der Waals surface area contributed by atoms with Crippen molar-refractivity contribution in [2.45, 2.75) is 161 Å². The Labute approximate surface area is 282 Å². The summed E-state index contributed by atoms with van der Waals surface area (Å²) in [6, 6.07) is -0.882. The van der Waals surface area contributed by atoms with Crippen LogP contribution in [-0.4, -0.2) is 47.8 Å². The van der Waals surface area contributed by atoms with Gasteiger partial charge in [0.05, 0.1) is 25.4 Å². The van der Waals surface area contributed by atoms with Gasteiger partial charge in [-0.25, -0.2) is 4.57 Å². The first-order valence-electron chi connectivity index (χ1n) is 18.3. The number of rotatable bonds is 33. The van der Waals surface area contributed by atoms with Crippen LogP contribution in [0, 0.1) is 0 Å². The summed E-state index contributed by atoms with van der Waals surface area (Å²) in [7, 11) is -4.34. The molecule has 0 aliphatic carbocycles. The molecule has 0 aromatic carbocycles. The summed E-state index contributed by atoms with van der Waals surface area (Å²) >= 11 is 0. The number of carbonyl (C=O) groups excluding carboxylic acids is 1. The molecular weight excluding hydrogens is 599 g/mol. The predicted octanol–water partition coefficient (Wildman–Crippen LogP) is 9.38. The van der Waals surface area contributed by atoms with Gasteiger partial charge in [-0.1, -0.05) is 127 Å². The van der Waals surface area contributed by atoms with Crippen molar-refractivity contribution in [3.63, 3.8) is 0 Å². The van der Waals surface area contributed by atoms with E-state index in [1.54, 1.807) is 6.08 Å². The van der Waals surface area contributed by atoms with Gasteiger partial charge in [0.1, 0.15) is 0 Å². The third-order valence-corrected chi connectivity index (χ3v) is 8.61. The van der Waals surface area contributed by atoms with Crippen LogP contribution in [0.25, 0.3) is 0 Å². The molecule has 46 heavy (non-hydrogen) atoms. The van der Waals surface area contributed by atoms with E-state index in [4.69, 9.17) is 14.8 Å². The number of nitrogens with two attached hydrogens (primary N) is 1. The summed E-state index contributed by atoms with van der Waals surface area (Å²) in [6.07, 6.45) is 38.7. The number of phosphoric acid groups is 1. The molecule has 268 valence electrons. The second-order valence-electron chi connectivity index (χ2n) is 12.1. The number of phosphoric ester groups is 1. The summed E-state index contributed by atoms with van der Waals surface area (Å²) in [5, 5.41) is 13.5. The number of carbonyl (C=O) groups is 1. The fourth-order valence-electron chi connectivity index (χ4n) is 4.82. The number of allylic oxidation sites excluding steroid dienone is 7. The highest BCUT2D eigenvalue weighted by Gasteiger charge is 2.26. The van der Waals surface area contributed by atoms with Gasteiger partial charge in [0.2, 0.25) is 5.91 Å². The molecule has 0 saturated heterocycles. The van der Waals surface area contributed by atoms with Crippen molar-refractivity contribution in [2.24, 2.45) is 5.73 Å². The number of aliphatic hydroxyl groups is 1. The molecule has 5 N–H and O–H groups in total. The third-order valence-electron chi connectivity index (χ3n) is 7.63. The van der Waals surface area contributed by atoms with E-state index in [1.807, 2.05) is 6.08 Å². The van der Waals surface area contributed by atoms with E-state index in [9.17, 15) is 19.4 Å². The second-order valence-corrected chi connectivity index (χ2v) is 13.5. The SMILES string of the molecule is CCCCC/C=C\C/C=C\CCCCCCCC(=O)NC(COP(=O)(O)OCCN)C(O)/C=C/CC/C=C/CCCCCCCC. The second kappa shape index (κ2) is 33.4. The lowest BCUT2D eigenvalue weighted by molar-refractivity contribution is -0.123. The van der Waals surface area contributed by atoms with E-state index in [2.05, 4.69) is 55.6 Å². The van der Waals surface area contributed by atoms with Crippen LogP contribution in [0.2, 0.25) is 0 Å². The average Bonchev–Trinajstić information content (AvgIpc) is 3.04. The lowest BCUT2D eigenvalue weighted by Gasteiger charge is -2.23. The van der Waals surface area contributed by atoms with Crippen molar-refractivity contribution in [3.8, 4) is 0 Å². The smallest absolute Gasteiger partial charge is 0.387 e. The van der Waals surface area contributed by atoms with E-state index in [1.165, 1.54) is 64.2 Å². The first-order valence-corrected chi connectivity index (χ1v) is 19.8. The molecule has 0 bridgehead atoms. The van der Waals surface area contributed by atoms with Crippen LogP contribution in [0.1, 0.15) is 149 Å². The maximum atomic E-state index is 12.7. The molecule has 1 amide bonds. The molecule has 9 heteroatoms. The van der Waals surface area contributed by atoms with Gasteiger partial charge in [-0.3, -0.25) is 13.8 Å². The van der Waals surface area contributed by atoms with Gasteiger partial charge in [0, 0.05) is 13.0 Å². The van der Waals surface area contributed by atoms with Crippen molar-refractivity contribution in [3.05, 3.63) is 48.6 Å². The Balaban J connectivity index is 4.42. The van der Waals surface area contributed by atoms with Gasteiger partial charge in [-0.2, -0.15) is 0 Å². The van der Waals surface area contributed by atoms with E-state index in [-0.39, 0.29) is 25.7 Å². The lowest BCUT2D eigenvalue weighted by atomic mass is 10.1. The van der Waals surface area contributed by atoms with Crippen LogP contribution in [0.5, 0.6) is 0 Å². The Hall–Kier alpha value is -1.54. The van der Waals surface area contributed by atoms with Gasteiger partial charge in [0.15, 0.2) is 0 Å². The van der Waals surface area contributed by atoms with Gasteiger partial charge < -0.3 is 21.1 Å². The molecule has 0 saturated carbocycles. The molecule has 3 unspecified atom stereocenters. The van der Waals surface area contributed by atoms with Crippen molar-refractivity contribution < 1.29 is 28.4 Å². The number of hydrogen-bond donors (Lipinski definition) is 4. The van der Waals surface area contributed by atoms with E-state index < -0.39 is 20.0 Å². The van der Waals surface area contributed by atoms with E-state index >= 15 is 0 Å². The van der Waals surface area contributed by atoms with E-state index in [0.29, 0.717) is 6.42 Å². The molecule has 0 radical (unpaired) electrons. The predicted molar refractivity (Wildman–Crippen MR) is 194 cm³/mol. The van der Waals surface area contributed by atoms with Crippen LogP contribution in [0.4, 0.5) is 0 Å². The zero-order chi connectivity index (χ0) is 34.0. The van der Waals surface area contributed by atoms with Gasteiger partial charge in [-0.05, 0) is 64.2 Å². The number of hydrogen-bond acceptors (Lipinski definition) is 6. The summed E-state index contributed by atoms with van der Waals surface area (Å²) in [6.45, 7) is 4.03. The monoisotopic (exact) mass is 668 g/mol. The van der Waals surface area contributed by atoms with E-state index in [0.717, 1.165) is 64.2 Å². The minimum atomic E-state index is -4.34. The van der Waals surface area contributed by atoms with Crippen molar-refractivity contribution >= 4 is 13.7 Å². The van der Waals surface area contributed by atoms with Gasteiger partial charge >= 0.3 is 7.82 Å². The Bertz CT molecular complexity index is 861. The molecule has 0 spiro atoms. The molecule has 0 fully saturated rings. The summed E-state index contributed by atoms with van der Waals surface area (Å²) < 4.78 is 22.0. The number of aliphatic hydroxyl groups excluding tert-OH is 1. The van der Waals surface area contributed by atoms with Crippen LogP contribution in [-0.2, 0) is 18.4 Å². The normalized spacial score (nSPS) is 15.0. The summed E-state index contributed by atoms with van der Waals surface area (Å²) in [4.78, 5) is 22.5. The standard InChI is InChI=1S/C37H69N2O6P/c1-3-5-7-9-11-13-15-17-18-19-21-23-25-27-29-31-37(41)39-35(34-45-46(42,43)44-33-32-38)36(40)30-28-26-24-22-20-16-14-12-10-8-6-4-2/h11,13,17-18,20,22,28,30,35-36,40H,3-10,12,14-16,19,21,23-27,29,31-34,38H2,1-2H3,(H,39,41)(H,42,43)/b13-11-,18-17-,22-20+,30-28+. The molecule has 8 nitrogen and oxygen atoms in total. The highest BCUT2D eigenvalue weighted by atomic mass is 31.2. The zero-order valence-corrected chi connectivity index (χ0v) is 30.2. The first-order chi connectivity index (χ1) is 22.4. The van der Waals surface area contributed by atoms with Crippen LogP contribution in [0.3, 0.4) is 0 Å². The Morgan fingerprint density at radius 2 is 1.22 bits per heavy atom.